The van der Waals surface area contributed by atoms with E-state index in [2.05, 4.69) is 4.90 Å². The van der Waals surface area contributed by atoms with Crippen molar-refractivity contribution in [2.45, 2.75) is 46.3 Å². The molecule has 6 nitrogen and oxygen atoms in total. The number of nitrogens with zero attached hydrogens (tertiary/aromatic N) is 2. The Balaban J connectivity index is 1.61. The minimum atomic E-state index is -1.08. The predicted molar refractivity (Wildman–Crippen MR) is 122 cm³/mol. The predicted octanol–water partition coefficient (Wildman–Crippen LogP) is 4.07. The van der Waals surface area contributed by atoms with Crippen molar-refractivity contribution >= 4 is 17.6 Å². The van der Waals surface area contributed by atoms with Gasteiger partial charge in [0.15, 0.2) is 5.60 Å². The Kier molecular flexibility index (Phi) is 6.88. The second-order valence-electron chi connectivity index (χ2n) is 8.71. The smallest absolute Gasteiger partial charge is 0.350 e. The number of carbonyl (C=O) groups is 2. The Morgan fingerprint density at radius 1 is 0.968 bits per heavy atom. The highest BCUT2D eigenvalue weighted by molar-refractivity contribution is 5.94. The van der Waals surface area contributed by atoms with Crippen molar-refractivity contribution in [1.29, 1.82) is 0 Å². The Morgan fingerprint density at radius 2 is 1.61 bits per heavy atom. The lowest BCUT2D eigenvalue weighted by Gasteiger charge is -2.36. The number of anilines is 1. The van der Waals surface area contributed by atoms with Crippen LogP contribution in [0.3, 0.4) is 0 Å². The first kappa shape index (κ1) is 22.7. The molecule has 0 bridgehead atoms. The third kappa shape index (κ3) is 5.78. The second kappa shape index (κ2) is 9.41. The molecule has 1 aliphatic rings. The number of piperazine rings is 1. The van der Waals surface area contributed by atoms with E-state index in [0.29, 0.717) is 18.8 Å². The van der Waals surface area contributed by atoms with Gasteiger partial charge < -0.3 is 19.3 Å². The topological polar surface area (TPSA) is 59.1 Å². The number of amides is 1. The summed E-state index contributed by atoms with van der Waals surface area (Å²) >= 11 is 0. The maximum Gasteiger partial charge on any atom is 0.350 e. The zero-order chi connectivity index (χ0) is 22.6. The Labute approximate surface area is 184 Å². The largest absolute Gasteiger partial charge is 0.476 e. The minimum absolute atomic E-state index is 0.0714. The molecule has 0 atom stereocenters. The van der Waals surface area contributed by atoms with Crippen molar-refractivity contribution in [3.8, 4) is 5.75 Å². The summed E-state index contributed by atoms with van der Waals surface area (Å²) in [5, 5.41) is 0. The van der Waals surface area contributed by atoms with E-state index in [1.165, 1.54) is 0 Å². The molecular formula is C25H32N2O4. The summed E-state index contributed by atoms with van der Waals surface area (Å²) in [7, 11) is 0. The summed E-state index contributed by atoms with van der Waals surface area (Å²) in [5.41, 5.74) is 1.80. The van der Waals surface area contributed by atoms with Crippen LogP contribution in [0.4, 0.5) is 5.69 Å². The van der Waals surface area contributed by atoms with Gasteiger partial charge in [-0.2, -0.15) is 0 Å². The van der Waals surface area contributed by atoms with E-state index < -0.39 is 11.6 Å². The van der Waals surface area contributed by atoms with Gasteiger partial charge in [0.2, 0.25) is 0 Å². The molecule has 1 amide bonds. The monoisotopic (exact) mass is 424 g/mol. The van der Waals surface area contributed by atoms with E-state index in [-0.39, 0.29) is 12.0 Å². The highest BCUT2D eigenvalue weighted by Gasteiger charge is 2.32. The third-order valence-corrected chi connectivity index (χ3v) is 5.26. The molecule has 2 aromatic carbocycles. The lowest BCUT2D eigenvalue weighted by atomic mass is 10.1. The zero-order valence-corrected chi connectivity index (χ0v) is 19.1. The van der Waals surface area contributed by atoms with Gasteiger partial charge in [-0.25, -0.2) is 4.79 Å². The molecule has 3 rings (SSSR count). The molecule has 166 valence electrons. The van der Waals surface area contributed by atoms with Gasteiger partial charge in [0.25, 0.3) is 5.91 Å². The van der Waals surface area contributed by atoms with Crippen molar-refractivity contribution in [3.05, 3.63) is 59.7 Å². The van der Waals surface area contributed by atoms with E-state index in [1.807, 2.05) is 74.2 Å². The molecule has 6 heteroatoms. The Morgan fingerprint density at radius 3 is 2.23 bits per heavy atom. The third-order valence-electron chi connectivity index (χ3n) is 5.26. The molecule has 1 saturated heterocycles. The lowest BCUT2D eigenvalue weighted by Crippen LogP contribution is -2.48. The van der Waals surface area contributed by atoms with Crippen LogP contribution >= 0.6 is 0 Å². The molecule has 0 saturated carbocycles. The van der Waals surface area contributed by atoms with Crippen molar-refractivity contribution in [1.82, 2.24) is 4.90 Å². The molecular weight excluding hydrogens is 392 g/mol. The Bertz CT molecular complexity index is 913. The molecule has 0 spiro atoms. The van der Waals surface area contributed by atoms with Gasteiger partial charge in [-0.05, 0) is 58.9 Å². The highest BCUT2D eigenvalue weighted by Crippen LogP contribution is 2.26. The fourth-order valence-electron chi connectivity index (χ4n) is 3.48. The molecule has 1 aliphatic heterocycles. The first-order chi connectivity index (χ1) is 14.7. The first-order valence-corrected chi connectivity index (χ1v) is 10.8. The standard InChI is InChI=1S/C25H32N2O4/c1-18(2)30-24(29)25(4,5)31-22-8-6-7-21(17-22)26-13-15-27(16-14-26)23(28)20-11-9-19(3)10-12-20/h6-12,17-18H,13-16H2,1-5H3. The first-order valence-electron chi connectivity index (χ1n) is 10.8. The van der Waals surface area contributed by atoms with Gasteiger partial charge in [0, 0.05) is 43.5 Å². The number of ether oxygens (including phenoxy) is 2. The van der Waals surface area contributed by atoms with Crippen LogP contribution in [0, 0.1) is 6.92 Å². The number of esters is 1. The van der Waals surface area contributed by atoms with Gasteiger partial charge in [-0.15, -0.1) is 0 Å². The molecule has 1 fully saturated rings. The quantitative estimate of drug-likeness (QED) is 0.655. The van der Waals surface area contributed by atoms with Gasteiger partial charge in [-0.1, -0.05) is 23.8 Å². The molecule has 0 aromatic heterocycles. The van der Waals surface area contributed by atoms with Gasteiger partial charge >= 0.3 is 5.97 Å². The number of hydrogen-bond donors (Lipinski definition) is 0. The maximum atomic E-state index is 12.7. The van der Waals surface area contributed by atoms with Crippen LogP contribution in [0.2, 0.25) is 0 Å². The zero-order valence-electron chi connectivity index (χ0n) is 19.1. The summed E-state index contributed by atoms with van der Waals surface area (Å²) < 4.78 is 11.3. The van der Waals surface area contributed by atoms with E-state index in [0.717, 1.165) is 29.9 Å². The molecule has 2 aromatic rings. The molecule has 0 radical (unpaired) electrons. The molecule has 0 N–H and O–H groups in total. The molecule has 31 heavy (non-hydrogen) atoms. The summed E-state index contributed by atoms with van der Waals surface area (Å²) in [6, 6.07) is 15.4. The van der Waals surface area contributed by atoms with Crippen LogP contribution in [0.25, 0.3) is 0 Å². The number of carbonyl (C=O) groups excluding carboxylic acids is 2. The average Bonchev–Trinajstić information content (AvgIpc) is 2.73. The van der Waals surface area contributed by atoms with Crippen LogP contribution < -0.4 is 9.64 Å². The normalized spacial score (nSPS) is 14.5. The van der Waals surface area contributed by atoms with Gasteiger partial charge in [0.05, 0.1) is 6.10 Å². The summed E-state index contributed by atoms with van der Waals surface area (Å²) in [4.78, 5) is 29.2. The number of rotatable bonds is 6. The van der Waals surface area contributed by atoms with E-state index in [4.69, 9.17) is 9.47 Å². The van der Waals surface area contributed by atoms with Crippen LogP contribution in [-0.4, -0.2) is 54.7 Å². The lowest BCUT2D eigenvalue weighted by molar-refractivity contribution is -0.163. The SMILES string of the molecule is Cc1ccc(C(=O)N2CCN(c3cccc(OC(C)(C)C(=O)OC(C)C)c3)CC2)cc1. The fourth-order valence-corrected chi connectivity index (χ4v) is 3.48. The fraction of sp³-hybridized carbons (Fsp3) is 0.440. The summed E-state index contributed by atoms with van der Waals surface area (Å²) in [6.45, 7) is 11.8. The highest BCUT2D eigenvalue weighted by atomic mass is 16.6. The maximum absolute atomic E-state index is 12.7. The van der Waals surface area contributed by atoms with Crippen LogP contribution in [0.15, 0.2) is 48.5 Å². The van der Waals surface area contributed by atoms with E-state index >= 15 is 0 Å². The number of benzene rings is 2. The van der Waals surface area contributed by atoms with Crippen LogP contribution in [-0.2, 0) is 9.53 Å². The van der Waals surface area contributed by atoms with Crippen molar-refractivity contribution in [2.24, 2.45) is 0 Å². The number of aryl methyl sites for hydroxylation is 1. The second-order valence-corrected chi connectivity index (χ2v) is 8.71. The number of hydrogen-bond acceptors (Lipinski definition) is 5. The van der Waals surface area contributed by atoms with Crippen LogP contribution in [0.5, 0.6) is 5.75 Å². The van der Waals surface area contributed by atoms with E-state index in [1.54, 1.807) is 13.8 Å². The summed E-state index contributed by atoms with van der Waals surface area (Å²) in [6.07, 6.45) is -0.194. The minimum Gasteiger partial charge on any atom is -0.476 e. The van der Waals surface area contributed by atoms with Crippen molar-refractivity contribution in [2.75, 3.05) is 31.1 Å². The van der Waals surface area contributed by atoms with Crippen molar-refractivity contribution < 1.29 is 19.1 Å². The summed E-state index contributed by atoms with van der Waals surface area (Å²) in [5.74, 6) is 0.291. The average molecular weight is 425 g/mol. The Hall–Kier alpha value is -3.02. The van der Waals surface area contributed by atoms with E-state index in [9.17, 15) is 9.59 Å². The molecule has 0 aliphatic carbocycles. The molecule has 1 heterocycles. The van der Waals surface area contributed by atoms with Gasteiger partial charge in [-0.3, -0.25) is 4.79 Å². The van der Waals surface area contributed by atoms with Gasteiger partial charge in [0.1, 0.15) is 5.75 Å². The van der Waals surface area contributed by atoms with Crippen LogP contribution in [0.1, 0.15) is 43.6 Å². The van der Waals surface area contributed by atoms with Crippen molar-refractivity contribution in [3.63, 3.8) is 0 Å². The molecule has 0 unspecified atom stereocenters.